The van der Waals surface area contributed by atoms with E-state index in [0.29, 0.717) is 17.1 Å². The molecule has 0 saturated carbocycles. The third kappa shape index (κ3) is 1.64. The molecular formula is C13H14O5. The summed E-state index contributed by atoms with van der Waals surface area (Å²) in [5.74, 6) is 0.159. The number of aliphatic hydroxyl groups is 1. The van der Waals surface area contributed by atoms with E-state index in [4.69, 9.17) is 14.2 Å². The van der Waals surface area contributed by atoms with Gasteiger partial charge in [0.2, 0.25) is 0 Å². The molecule has 1 aromatic carbocycles. The molecule has 1 aliphatic heterocycles. The van der Waals surface area contributed by atoms with Gasteiger partial charge in [0, 0.05) is 11.6 Å². The van der Waals surface area contributed by atoms with E-state index in [1.807, 2.05) is 0 Å². The van der Waals surface area contributed by atoms with Crippen molar-refractivity contribution in [2.45, 2.75) is 12.5 Å². The largest absolute Gasteiger partial charge is 0.497 e. The molecule has 1 aromatic rings. The number of hydrogen-bond donors (Lipinski definition) is 1. The zero-order valence-corrected chi connectivity index (χ0v) is 10.4. The van der Waals surface area contributed by atoms with Crippen LogP contribution in [-0.2, 0) is 10.3 Å². The summed E-state index contributed by atoms with van der Waals surface area (Å²) in [6, 6.07) is 3.13. The topological polar surface area (TPSA) is 65.0 Å². The van der Waals surface area contributed by atoms with Crippen LogP contribution in [-0.4, -0.2) is 25.3 Å². The van der Waals surface area contributed by atoms with E-state index in [1.54, 1.807) is 12.1 Å². The van der Waals surface area contributed by atoms with Crippen LogP contribution < -0.4 is 9.47 Å². The first kappa shape index (κ1) is 12.4. The number of carbonyl (C=O) groups is 1. The molecule has 0 fully saturated rings. The van der Waals surface area contributed by atoms with Crippen LogP contribution in [0.15, 0.2) is 24.5 Å². The Morgan fingerprint density at radius 3 is 2.56 bits per heavy atom. The van der Waals surface area contributed by atoms with E-state index < -0.39 is 11.6 Å². The molecule has 1 atom stereocenters. The lowest BCUT2D eigenvalue weighted by molar-refractivity contribution is 0.00823. The standard InChI is InChI=1S/C13H14O5/c1-7-13(2,15)9-5-8(16-3)6-10(17-4)11(9)12(14)18-7/h5-6,15H,1H2,2-4H3. The van der Waals surface area contributed by atoms with Gasteiger partial charge < -0.3 is 19.3 Å². The van der Waals surface area contributed by atoms with E-state index >= 15 is 0 Å². The Morgan fingerprint density at radius 2 is 2.00 bits per heavy atom. The maximum absolute atomic E-state index is 11.8. The smallest absolute Gasteiger partial charge is 0.347 e. The molecule has 0 radical (unpaired) electrons. The number of carbonyl (C=O) groups excluding carboxylic acids is 1. The van der Waals surface area contributed by atoms with Gasteiger partial charge in [-0.3, -0.25) is 0 Å². The third-order valence-corrected chi connectivity index (χ3v) is 3.02. The van der Waals surface area contributed by atoms with Gasteiger partial charge in [0.05, 0.1) is 14.2 Å². The minimum atomic E-state index is -1.47. The number of hydrogen-bond acceptors (Lipinski definition) is 5. The Hall–Kier alpha value is -2.01. The molecule has 1 heterocycles. The normalized spacial score (nSPS) is 22.2. The van der Waals surface area contributed by atoms with E-state index in [0.717, 1.165) is 0 Å². The lowest BCUT2D eigenvalue weighted by atomic mass is 9.87. The summed E-state index contributed by atoms with van der Waals surface area (Å²) in [5, 5.41) is 10.4. The van der Waals surface area contributed by atoms with Crippen LogP contribution in [0.5, 0.6) is 11.5 Å². The van der Waals surface area contributed by atoms with Gasteiger partial charge in [-0.1, -0.05) is 6.58 Å². The van der Waals surface area contributed by atoms with E-state index in [1.165, 1.54) is 21.1 Å². The molecule has 0 spiro atoms. The van der Waals surface area contributed by atoms with Crippen molar-refractivity contribution in [3.8, 4) is 11.5 Å². The van der Waals surface area contributed by atoms with Crippen LogP contribution in [0.1, 0.15) is 22.8 Å². The lowest BCUT2D eigenvalue weighted by Gasteiger charge is -2.32. The molecule has 1 aliphatic rings. The van der Waals surface area contributed by atoms with Gasteiger partial charge in [-0.25, -0.2) is 4.79 Å². The van der Waals surface area contributed by atoms with Gasteiger partial charge in [-0.15, -0.1) is 0 Å². The van der Waals surface area contributed by atoms with Crippen molar-refractivity contribution in [2.24, 2.45) is 0 Å². The van der Waals surface area contributed by atoms with Crippen molar-refractivity contribution < 1.29 is 24.1 Å². The van der Waals surface area contributed by atoms with Crippen LogP contribution in [0, 0.1) is 0 Å². The van der Waals surface area contributed by atoms with E-state index in [-0.39, 0.29) is 11.3 Å². The van der Waals surface area contributed by atoms with Crippen molar-refractivity contribution in [3.05, 3.63) is 35.6 Å². The molecule has 2 rings (SSSR count). The van der Waals surface area contributed by atoms with Crippen molar-refractivity contribution in [2.75, 3.05) is 14.2 Å². The number of rotatable bonds is 2. The molecule has 96 valence electrons. The van der Waals surface area contributed by atoms with Crippen LogP contribution >= 0.6 is 0 Å². The molecule has 1 N–H and O–H groups in total. The molecule has 0 aromatic heterocycles. The second-order valence-corrected chi connectivity index (χ2v) is 4.14. The highest BCUT2D eigenvalue weighted by Crippen LogP contribution is 2.42. The lowest BCUT2D eigenvalue weighted by Crippen LogP contribution is -2.34. The quantitative estimate of drug-likeness (QED) is 0.807. The second-order valence-electron chi connectivity index (χ2n) is 4.14. The zero-order chi connectivity index (χ0) is 13.5. The fraction of sp³-hybridized carbons (Fsp3) is 0.308. The zero-order valence-electron chi connectivity index (χ0n) is 10.4. The van der Waals surface area contributed by atoms with Crippen LogP contribution in [0.2, 0.25) is 0 Å². The summed E-state index contributed by atoms with van der Waals surface area (Å²) in [6.07, 6.45) is 0. The first-order chi connectivity index (χ1) is 8.41. The Labute approximate surface area is 105 Å². The summed E-state index contributed by atoms with van der Waals surface area (Å²) in [6.45, 7) is 5.05. The van der Waals surface area contributed by atoms with Crippen molar-refractivity contribution in [3.63, 3.8) is 0 Å². The molecule has 0 aliphatic carbocycles. The first-order valence-corrected chi connectivity index (χ1v) is 5.32. The van der Waals surface area contributed by atoms with Crippen molar-refractivity contribution >= 4 is 5.97 Å². The molecule has 18 heavy (non-hydrogen) atoms. The van der Waals surface area contributed by atoms with Gasteiger partial charge >= 0.3 is 5.97 Å². The number of ether oxygens (including phenoxy) is 3. The highest BCUT2D eigenvalue weighted by atomic mass is 16.6. The minimum Gasteiger partial charge on any atom is -0.497 e. The highest BCUT2D eigenvalue weighted by molar-refractivity contribution is 5.97. The number of benzene rings is 1. The third-order valence-electron chi connectivity index (χ3n) is 3.02. The van der Waals surface area contributed by atoms with Crippen LogP contribution in [0.4, 0.5) is 0 Å². The Balaban J connectivity index is 2.76. The van der Waals surface area contributed by atoms with Crippen LogP contribution in [0.3, 0.4) is 0 Å². The molecule has 0 saturated heterocycles. The highest BCUT2D eigenvalue weighted by Gasteiger charge is 2.41. The van der Waals surface area contributed by atoms with Gasteiger partial charge in [0.1, 0.15) is 28.4 Å². The monoisotopic (exact) mass is 250 g/mol. The number of fused-ring (bicyclic) bond motifs is 1. The molecule has 5 nitrogen and oxygen atoms in total. The van der Waals surface area contributed by atoms with Gasteiger partial charge in [-0.2, -0.15) is 0 Å². The second kappa shape index (κ2) is 4.03. The summed E-state index contributed by atoms with van der Waals surface area (Å²) >= 11 is 0. The summed E-state index contributed by atoms with van der Waals surface area (Å²) < 4.78 is 15.2. The summed E-state index contributed by atoms with van der Waals surface area (Å²) in [7, 11) is 2.92. The molecular weight excluding hydrogens is 236 g/mol. The Kier molecular flexibility index (Phi) is 2.78. The van der Waals surface area contributed by atoms with Gasteiger partial charge in [0.15, 0.2) is 0 Å². The first-order valence-electron chi connectivity index (χ1n) is 5.32. The average Bonchev–Trinajstić information content (AvgIpc) is 2.35. The maximum Gasteiger partial charge on any atom is 0.347 e. The molecule has 5 heteroatoms. The average molecular weight is 250 g/mol. The van der Waals surface area contributed by atoms with E-state index in [2.05, 4.69) is 6.58 Å². The SMILES string of the molecule is C=C1OC(=O)c2c(OC)cc(OC)cc2C1(C)O. The molecule has 1 unspecified atom stereocenters. The number of methoxy groups -OCH3 is 2. The summed E-state index contributed by atoms with van der Waals surface area (Å²) in [4.78, 5) is 11.8. The Bertz CT molecular complexity index is 530. The van der Waals surface area contributed by atoms with Crippen molar-refractivity contribution in [1.82, 2.24) is 0 Å². The molecule has 0 bridgehead atoms. The van der Waals surface area contributed by atoms with Gasteiger partial charge in [0.25, 0.3) is 0 Å². The Morgan fingerprint density at radius 1 is 1.33 bits per heavy atom. The van der Waals surface area contributed by atoms with Gasteiger partial charge in [-0.05, 0) is 13.0 Å². The molecule has 0 amide bonds. The van der Waals surface area contributed by atoms with Crippen LogP contribution in [0.25, 0.3) is 0 Å². The van der Waals surface area contributed by atoms with Crippen molar-refractivity contribution in [1.29, 1.82) is 0 Å². The fourth-order valence-electron chi connectivity index (χ4n) is 1.88. The fourth-order valence-corrected chi connectivity index (χ4v) is 1.88. The minimum absolute atomic E-state index is 0.0182. The maximum atomic E-state index is 11.8. The van der Waals surface area contributed by atoms with E-state index in [9.17, 15) is 9.90 Å². The predicted octanol–water partition coefficient (Wildman–Crippen LogP) is 1.60. The summed E-state index contributed by atoms with van der Waals surface area (Å²) in [5.41, 5.74) is -0.916. The predicted molar refractivity (Wildman–Crippen MR) is 63.7 cm³/mol. The number of esters is 1. The number of cyclic esters (lactones) is 1.